The van der Waals surface area contributed by atoms with Gasteiger partial charge in [0.2, 0.25) is 0 Å². The molecule has 0 bridgehead atoms. The summed E-state index contributed by atoms with van der Waals surface area (Å²) < 4.78 is 0. The lowest BCUT2D eigenvalue weighted by atomic mass is 10.1. The van der Waals surface area contributed by atoms with Gasteiger partial charge >= 0.3 is 6.09 Å². The van der Waals surface area contributed by atoms with Gasteiger partial charge in [-0.05, 0) is 31.4 Å². The first-order valence-corrected chi connectivity index (χ1v) is 6.04. The van der Waals surface area contributed by atoms with E-state index < -0.39 is 12.3 Å². The van der Waals surface area contributed by atoms with E-state index in [1.54, 1.807) is 24.3 Å². The zero-order valence-corrected chi connectivity index (χ0v) is 10.0. The van der Waals surface area contributed by atoms with Gasteiger partial charge in [0.05, 0.1) is 0 Å². The number of hydrogen-bond acceptors (Lipinski definition) is 2. The molecule has 5 nitrogen and oxygen atoms in total. The van der Waals surface area contributed by atoms with E-state index >= 15 is 0 Å². The second-order valence-corrected chi connectivity index (χ2v) is 4.33. The molecule has 1 saturated heterocycles. The fourth-order valence-electron chi connectivity index (χ4n) is 2.13. The molecule has 1 fully saturated rings. The van der Waals surface area contributed by atoms with Crippen molar-refractivity contribution in [2.75, 3.05) is 6.54 Å². The maximum absolute atomic E-state index is 12.0. The highest BCUT2D eigenvalue weighted by Crippen LogP contribution is 2.15. The van der Waals surface area contributed by atoms with Crippen molar-refractivity contribution in [2.24, 2.45) is 0 Å². The molecule has 1 aliphatic rings. The largest absolute Gasteiger partial charge is 0.465 e. The Balaban J connectivity index is 2.03. The van der Waals surface area contributed by atoms with Gasteiger partial charge in [0, 0.05) is 12.1 Å². The van der Waals surface area contributed by atoms with Crippen molar-refractivity contribution in [3.05, 3.63) is 35.9 Å². The Bertz CT molecular complexity index is 433. The molecule has 2 rings (SSSR count). The van der Waals surface area contributed by atoms with Crippen molar-refractivity contribution in [3.63, 3.8) is 0 Å². The first-order chi connectivity index (χ1) is 8.68. The maximum Gasteiger partial charge on any atom is 0.408 e. The second kappa shape index (κ2) is 5.53. The van der Waals surface area contributed by atoms with Gasteiger partial charge in [0.1, 0.15) is 6.17 Å². The summed E-state index contributed by atoms with van der Waals surface area (Å²) in [5.74, 6) is -0.228. The number of rotatable bonds is 2. The first kappa shape index (κ1) is 12.4. The third-order valence-corrected chi connectivity index (χ3v) is 3.08. The van der Waals surface area contributed by atoms with Crippen molar-refractivity contribution in [2.45, 2.75) is 25.4 Å². The summed E-state index contributed by atoms with van der Waals surface area (Å²) in [6, 6.07) is 8.82. The van der Waals surface area contributed by atoms with Crippen LogP contribution in [0.4, 0.5) is 4.79 Å². The highest BCUT2D eigenvalue weighted by molar-refractivity contribution is 5.94. The van der Waals surface area contributed by atoms with Gasteiger partial charge in [0.15, 0.2) is 0 Å². The molecule has 2 N–H and O–H groups in total. The first-order valence-electron chi connectivity index (χ1n) is 6.04. The Morgan fingerprint density at radius 2 is 1.94 bits per heavy atom. The minimum absolute atomic E-state index is 0.228. The number of carboxylic acid groups (broad SMARTS) is 1. The summed E-state index contributed by atoms with van der Waals surface area (Å²) in [7, 11) is 0. The predicted molar refractivity (Wildman–Crippen MR) is 66.3 cm³/mol. The van der Waals surface area contributed by atoms with Crippen molar-refractivity contribution in [1.82, 2.24) is 10.2 Å². The van der Waals surface area contributed by atoms with E-state index in [1.807, 2.05) is 6.07 Å². The zero-order chi connectivity index (χ0) is 13.0. The van der Waals surface area contributed by atoms with Crippen LogP contribution < -0.4 is 5.32 Å². The normalized spacial score (nSPS) is 19.3. The van der Waals surface area contributed by atoms with Crippen molar-refractivity contribution in [3.8, 4) is 0 Å². The van der Waals surface area contributed by atoms with Gasteiger partial charge in [-0.3, -0.25) is 9.69 Å². The molecule has 0 radical (unpaired) electrons. The highest BCUT2D eigenvalue weighted by Gasteiger charge is 2.27. The van der Waals surface area contributed by atoms with Gasteiger partial charge in [-0.15, -0.1) is 0 Å². The number of carbonyl (C=O) groups is 2. The standard InChI is InChI=1S/C13H16N2O3/c16-12(10-6-2-1-3-7-10)14-11-8-4-5-9-15(11)13(17)18/h1-3,6-7,11H,4-5,8-9H2,(H,14,16)(H,17,18). The molecule has 1 atom stereocenters. The Morgan fingerprint density at radius 3 is 2.61 bits per heavy atom. The Hall–Kier alpha value is -2.04. The quantitative estimate of drug-likeness (QED) is 0.839. The molecule has 96 valence electrons. The smallest absolute Gasteiger partial charge is 0.408 e. The van der Waals surface area contributed by atoms with Gasteiger partial charge in [-0.25, -0.2) is 4.79 Å². The van der Waals surface area contributed by atoms with Crippen molar-refractivity contribution in [1.29, 1.82) is 0 Å². The van der Waals surface area contributed by atoms with Crippen LogP contribution in [-0.2, 0) is 0 Å². The molecule has 1 unspecified atom stereocenters. The molecule has 1 heterocycles. The number of nitrogens with zero attached hydrogens (tertiary/aromatic N) is 1. The third kappa shape index (κ3) is 2.80. The maximum atomic E-state index is 12.0. The van der Waals surface area contributed by atoms with Crippen LogP contribution in [0, 0.1) is 0 Å². The van der Waals surface area contributed by atoms with Crippen LogP contribution in [0.25, 0.3) is 0 Å². The molecule has 0 aliphatic carbocycles. The zero-order valence-electron chi connectivity index (χ0n) is 10.0. The number of nitrogens with one attached hydrogen (secondary N) is 1. The van der Waals surface area contributed by atoms with E-state index in [2.05, 4.69) is 5.32 Å². The van der Waals surface area contributed by atoms with Crippen LogP contribution in [0.2, 0.25) is 0 Å². The lowest BCUT2D eigenvalue weighted by Crippen LogP contribution is -2.52. The highest BCUT2D eigenvalue weighted by atomic mass is 16.4. The molecule has 0 spiro atoms. The molecule has 1 aromatic carbocycles. The lowest BCUT2D eigenvalue weighted by Gasteiger charge is -2.33. The Kier molecular flexibility index (Phi) is 3.82. The summed E-state index contributed by atoms with van der Waals surface area (Å²) in [5.41, 5.74) is 0.549. The molecule has 0 aromatic heterocycles. The third-order valence-electron chi connectivity index (χ3n) is 3.08. The van der Waals surface area contributed by atoms with E-state index in [9.17, 15) is 9.59 Å². The molecule has 2 amide bonds. The fourth-order valence-corrected chi connectivity index (χ4v) is 2.13. The van der Waals surface area contributed by atoms with Crippen LogP contribution in [0.5, 0.6) is 0 Å². The lowest BCUT2D eigenvalue weighted by molar-refractivity contribution is 0.0746. The predicted octanol–water partition coefficient (Wildman–Crippen LogP) is 1.91. The minimum Gasteiger partial charge on any atom is -0.465 e. The molecule has 18 heavy (non-hydrogen) atoms. The summed E-state index contributed by atoms with van der Waals surface area (Å²) in [5, 5.41) is 11.8. The van der Waals surface area contributed by atoms with Gasteiger partial charge in [0.25, 0.3) is 5.91 Å². The number of benzene rings is 1. The Labute approximate surface area is 105 Å². The number of amides is 2. The van der Waals surface area contributed by atoms with E-state index in [4.69, 9.17) is 5.11 Å². The van der Waals surface area contributed by atoms with Crippen LogP contribution >= 0.6 is 0 Å². The molecule has 0 saturated carbocycles. The summed E-state index contributed by atoms with van der Waals surface area (Å²) in [6.45, 7) is 0.481. The average molecular weight is 248 g/mol. The molecular weight excluding hydrogens is 232 g/mol. The van der Waals surface area contributed by atoms with Gasteiger partial charge in [-0.2, -0.15) is 0 Å². The van der Waals surface area contributed by atoms with Gasteiger partial charge in [-0.1, -0.05) is 18.2 Å². The summed E-state index contributed by atoms with van der Waals surface area (Å²) >= 11 is 0. The summed E-state index contributed by atoms with van der Waals surface area (Å²) in [6.07, 6.45) is 1.07. The van der Waals surface area contributed by atoms with E-state index in [0.717, 1.165) is 12.8 Å². The van der Waals surface area contributed by atoms with E-state index in [1.165, 1.54) is 4.90 Å². The monoisotopic (exact) mass is 248 g/mol. The van der Waals surface area contributed by atoms with E-state index in [-0.39, 0.29) is 5.91 Å². The molecule has 5 heteroatoms. The van der Waals surface area contributed by atoms with Gasteiger partial charge < -0.3 is 10.4 Å². The van der Waals surface area contributed by atoms with Crippen LogP contribution in [-0.4, -0.2) is 34.7 Å². The number of hydrogen-bond donors (Lipinski definition) is 2. The topological polar surface area (TPSA) is 69.6 Å². The Morgan fingerprint density at radius 1 is 1.22 bits per heavy atom. The molecule has 1 aliphatic heterocycles. The van der Waals surface area contributed by atoms with Crippen LogP contribution in [0.1, 0.15) is 29.6 Å². The van der Waals surface area contributed by atoms with Crippen molar-refractivity contribution >= 4 is 12.0 Å². The fraction of sp³-hybridized carbons (Fsp3) is 0.385. The van der Waals surface area contributed by atoms with Crippen LogP contribution in [0.15, 0.2) is 30.3 Å². The van der Waals surface area contributed by atoms with Crippen molar-refractivity contribution < 1.29 is 14.7 Å². The molecule has 1 aromatic rings. The average Bonchev–Trinajstić information content (AvgIpc) is 2.40. The van der Waals surface area contributed by atoms with E-state index in [0.29, 0.717) is 18.5 Å². The molecular formula is C13H16N2O3. The number of carbonyl (C=O) groups excluding carboxylic acids is 1. The van der Waals surface area contributed by atoms with Crippen LogP contribution in [0.3, 0.4) is 0 Å². The minimum atomic E-state index is -0.979. The summed E-state index contributed by atoms with van der Waals surface area (Å²) in [4.78, 5) is 24.3. The second-order valence-electron chi connectivity index (χ2n) is 4.33. The number of piperidine rings is 1. The SMILES string of the molecule is O=C(NC1CCCCN1C(=O)O)c1ccccc1. The number of likely N-dealkylation sites (tertiary alicyclic amines) is 1.